The third kappa shape index (κ3) is 33.6. The lowest BCUT2D eigenvalue weighted by molar-refractivity contribution is 0.0720. The molecule has 15 rings (SSSR count). The number of benzene rings is 10. The van der Waals surface area contributed by atoms with Crippen LogP contribution in [0.1, 0.15) is 260 Å². The molecule has 0 radical (unpaired) electrons. The Morgan fingerprint density at radius 2 is 0.576 bits per heavy atom. The van der Waals surface area contributed by atoms with Crippen molar-refractivity contribution < 1.29 is 77.4 Å². The van der Waals surface area contributed by atoms with Gasteiger partial charge in [-0.25, -0.2) is 73.4 Å². The monoisotopic (exact) mass is 2060 g/mol. The molecule has 0 spiro atoms. The summed E-state index contributed by atoms with van der Waals surface area (Å²) in [5.74, 6) is -8.24. The molecule has 754 valence electrons. The number of nitrogens with zero attached hydrogens (tertiary/aromatic N) is 4. The van der Waals surface area contributed by atoms with Crippen LogP contribution in [0.25, 0.3) is 55.6 Å². The summed E-state index contributed by atoms with van der Waals surface area (Å²) in [6.45, 7) is 19.1. The molecule has 0 bridgehead atoms. The van der Waals surface area contributed by atoms with Gasteiger partial charge in [0.2, 0.25) is 5.01 Å². The Balaban J connectivity index is 0.000000172. The molecule has 0 saturated carbocycles. The highest BCUT2D eigenvalue weighted by molar-refractivity contribution is 7.16. The van der Waals surface area contributed by atoms with E-state index in [2.05, 4.69) is 70.5 Å². The second-order valence-electron chi connectivity index (χ2n) is 34.8. The Morgan fingerprint density at radius 1 is 0.264 bits per heavy atom. The SMILES string of the molecule is CCCCCCCc1ncc(C(=O)Oc2ccc(-c3ccc(C)c(F)c3)cc2F)s1.CCCCCCCc1ncc(NC(=O)c2ccc(-c3ccc(C)c(F)c3)cc2F)s1.CCCCCc1ccc(NC(=O)c2ccc(-c3ccc(C)c(F)c3)cc2F)s1.CCCCCc1cnc(C(=O)Oc2ccc(-c3ccc(C)c(F)c3)cc2F)s1.CCCCCc1cnc(NC(=O)c2ccc(-c3ccc(C)c(F)c3)cc2F)s1. The van der Waals surface area contributed by atoms with Gasteiger partial charge in [0.25, 0.3) is 17.7 Å². The summed E-state index contributed by atoms with van der Waals surface area (Å²) in [5.41, 5.74) is 7.86. The average Bonchev–Trinajstić information content (AvgIpc) is 1.40. The van der Waals surface area contributed by atoms with Crippen LogP contribution in [0.3, 0.4) is 0 Å². The number of carbonyl (C=O) groups is 5. The zero-order valence-electron chi connectivity index (χ0n) is 82.2. The number of aryl methyl sites for hydroxylation is 10. The molecule has 3 N–H and O–H groups in total. The number of esters is 2. The molecule has 0 saturated heterocycles. The first-order chi connectivity index (χ1) is 69.4. The molecule has 5 aromatic heterocycles. The molecule has 0 aliphatic heterocycles. The highest BCUT2D eigenvalue weighted by atomic mass is 32.1. The predicted molar refractivity (Wildman–Crippen MR) is 564 cm³/mol. The van der Waals surface area contributed by atoms with Gasteiger partial charge >= 0.3 is 11.9 Å². The van der Waals surface area contributed by atoms with Crippen LogP contribution in [-0.4, -0.2) is 49.6 Å². The van der Waals surface area contributed by atoms with Crippen LogP contribution >= 0.6 is 56.7 Å². The van der Waals surface area contributed by atoms with Gasteiger partial charge < -0.3 is 20.1 Å². The number of aromatic nitrogens is 4. The summed E-state index contributed by atoms with van der Waals surface area (Å²) >= 11 is 6.90. The minimum absolute atomic E-state index is 0.0303. The largest absolute Gasteiger partial charge is 0.419 e. The summed E-state index contributed by atoms with van der Waals surface area (Å²) in [4.78, 5) is 82.5. The highest BCUT2D eigenvalue weighted by Crippen LogP contribution is 2.36. The normalized spacial score (nSPS) is 10.9. The maximum Gasteiger partial charge on any atom is 0.372 e. The van der Waals surface area contributed by atoms with E-state index in [4.69, 9.17) is 9.47 Å². The molecule has 29 heteroatoms. The first kappa shape index (κ1) is 111. The third-order valence-corrected chi connectivity index (χ3v) is 28.5. The second kappa shape index (κ2) is 56.4. The Morgan fingerprint density at radius 3 is 0.965 bits per heavy atom. The predicted octanol–water partition coefficient (Wildman–Crippen LogP) is 34.0. The number of ether oxygens (including phenoxy) is 2. The van der Waals surface area contributed by atoms with E-state index in [1.807, 2.05) is 12.1 Å². The number of hydrogen-bond donors (Lipinski definition) is 3. The van der Waals surface area contributed by atoms with Crippen molar-refractivity contribution in [2.24, 2.45) is 0 Å². The van der Waals surface area contributed by atoms with E-state index < -0.39 is 58.7 Å². The second-order valence-corrected chi connectivity index (χ2v) is 40.4. The summed E-state index contributed by atoms with van der Waals surface area (Å²) in [7, 11) is 0. The standard InChI is InChI=1S/C24H26F2N2OS.C24H25F2NO2S.C23H23F2NOS.C22H22F2N2OS.C22H21F2NO2S/c1-3-4-5-6-7-8-22-27-15-23(30-22)28-24(29)19-12-11-18(14-21(19)26)17-10-9-16(2)20(25)13-17;1-3-4-5-6-7-8-23-27-15-22(30-23)24(28)29-21-12-11-18(14-20(21)26)17-10-9-16(2)19(25)13-17;1-3-4-5-6-18-10-12-22(28-18)26-23(27)19-11-9-17(14-21(19)25)16-8-7-15(2)20(24)13-16;1-3-4-5-6-17-13-25-22(28-17)26-21(27)18-10-9-16(12-20(18)24)15-8-7-14(2)19(23)11-15;1-3-4-5-6-17-13-25-21(28-17)22(26)27-20-10-9-16(12-19(20)24)15-8-7-14(2)18(23)11-15/h9-15H,3-8H2,1-2H3,(H,28,29);9-15H,3-8H2,1-2H3;7-14H,3-6H2,1-2H3,(H,26,27);7-13H,3-6H2,1-2H3,(H,25,26,27);7-13H,3-6H2,1-2H3. The molecular formula is C115H117F10N7O7S5. The third-order valence-electron chi connectivity index (χ3n) is 23.5. The van der Waals surface area contributed by atoms with Crippen molar-refractivity contribution in [3.05, 3.63) is 356 Å². The lowest BCUT2D eigenvalue weighted by atomic mass is 10.0. The molecule has 0 unspecified atom stereocenters. The molecule has 3 amide bonds. The van der Waals surface area contributed by atoms with Gasteiger partial charge in [-0.3, -0.25) is 19.7 Å². The molecule has 10 aromatic carbocycles. The van der Waals surface area contributed by atoms with E-state index in [9.17, 15) is 67.9 Å². The molecule has 5 heterocycles. The highest BCUT2D eigenvalue weighted by Gasteiger charge is 2.24. The number of unbranched alkanes of at least 4 members (excludes halogenated alkanes) is 14. The van der Waals surface area contributed by atoms with Crippen molar-refractivity contribution in [1.82, 2.24) is 19.9 Å². The van der Waals surface area contributed by atoms with Gasteiger partial charge in [0.05, 0.1) is 44.1 Å². The Kier molecular flexibility index (Phi) is 43.6. The first-order valence-corrected chi connectivity index (χ1v) is 52.5. The molecule has 144 heavy (non-hydrogen) atoms. The summed E-state index contributed by atoms with van der Waals surface area (Å²) in [6, 6.07) is 48.8. The van der Waals surface area contributed by atoms with Crippen LogP contribution in [0.4, 0.5) is 59.0 Å². The summed E-state index contributed by atoms with van der Waals surface area (Å²) < 4.78 is 152. The van der Waals surface area contributed by atoms with Crippen molar-refractivity contribution in [2.45, 2.75) is 223 Å². The average molecular weight is 2060 g/mol. The number of rotatable bonds is 39. The zero-order chi connectivity index (χ0) is 103. The molecule has 0 atom stereocenters. The van der Waals surface area contributed by atoms with Crippen molar-refractivity contribution in [2.75, 3.05) is 16.0 Å². The van der Waals surface area contributed by atoms with Crippen LogP contribution < -0.4 is 25.4 Å². The van der Waals surface area contributed by atoms with Gasteiger partial charge in [-0.1, -0.05) is 216 Å². The molecular weight excluding hydrogens is 1940 g/mol. The fourth-order valence-corrected chi connectivity index (χ4v) is 19.1. The van der Waals surface area contributed by atoms with Gasteiger partial charge in [0, 0.05) is 27.0 Å². The van der Waals surface area contributed by atoms with Gasteiger partial charge in [-0.2, -0.15) is 0 Å². The van der Waals surface area contributed by atoms with E-state index in [-0.39, 0.29) is 62.3 Å². The smallest absolute Gasteiger partial charge is 0.372 e. The fourth-order valence-electron chi connectivity index (χ4n) is 14.8. The van der Waals surface area contributed by atoms with Crippen LogP contribution in [0.2, 0.25) is 0 Å². The van der Waals surface area contributed by atoms with E-state index in [1.165, 1.54) is 217 Å². The quantitative estimate of drug-likeness (QED) is 0.0144. The molecule has 14 nitrogen and oxygen atoms in total. The van der Waals surface area contributed by atoms with Crippen molar-refractivity contribution in [3.8, 4) is 67.1 Å². The van der Waals surface area contributed by atoms with E-state index in [0.29, 0.717) is 103 Å². The Labute approximate surface area is 855 Å². The van der Waals surface area contributed by atoms with Crippen LogP contribution in [-0.2, 0) is 32.1 Å². The van der Waals surface area contributed by atoms with Gasteiger partial charge in [-0.15, -0.1) is 56.7 Å². The Hall–Kier alpha value is -12.9. The number of nitrogens with one attached hydrogen (secondary N) is 3. The maximum absolute atomic E-state index is 14.6. The molecule has 0 aliphatic rings. The number of anilines is 3. The number of halogens is 10. The van der Waals surface area contributed by atoms with E-state index in [1.54, 1.807) is 144 Å². The van der Waals surface area contributed by atoms with Gasteiger partial charge in [0.15, 0.2) is 28.3 Å². The van der Waals surface area contributed by atoms with E-state index in [0.717, 1.165) is 116 Å². The number of amides is 3. The van der Waals surface area contributed by atoms with Gasteiger partial charge in [-0.05, 0) is 285 Å². The number of thiazole rings is 4. The summed E-state index contributed by atoms with van der Waals surface area (Å²) in [6.07, 6.45) is 33.0. The van der Waals surface area contributed by atoms with Crippen molar-refractivity contribution in [1.29, 1.82) is 0 Å². The fraction of sp³-hybridized carbons (Fsp3) is 0.296. The lowest BCUT2D eigenvalue weighted by Crippen LogP contribution is -2.13. The number of thiophene rings is 1. The van der Waals surface area contributed by atoms with E-state index >= 15 is 0 Å². The zero-order valence-corrected chi connectivity index (χ0v) is 86.3. The number of carbonyl (C=O) groups excluding carboxylic acids is 5. The van der Waals surface area contributed by atoms with Crippen molar-refractivity contribution in [3.63, 3.8) is 0 Å². The molecule has 0 fully saturated rings. The first-order valence-electron chi connectivity index (χ1n) is 48.4. The minimum atomic E-state index is -0.688. The van der Waals surface area contributed by atoms with Crippen LogP contribution in [0.15, 0.2) is 219 Å². The topological polar surface area (TPSA) is 191 Å². The number of hydrogen-bond acceptors (Lipinski definition) is 16. The van der Waals surface area contributed by atoms with Gasteiger partial charge in [0.1, 0.15) is 56.4 Å². The molecule has 0 aliphatic carbocycles. The maximum atomic E-state index is 14.6. The summed E-state index contributed by atoms with van der Waals surface area (Å²) in [5, 5.41) is 12.0. The van der Waals surface area contributed by atoms with Crippen LogP contribution in [0.5, 0.6) is 11.5 Å². The Bertz CT molecular complexity index is 6690. The lowest BCUT2D eigenvalue weighted by Gasteiger charge is -2.08. The van der Waals surface area contributed by atoms with Crippen molar-refractivity contribution >= 4 is 101 Å². The van der Waals surface area contributed by atoms with Crippen LogP contribution in [0, 0.1) is 92.8 Å². The molecule has 15 aromatic rings. The minimum Gasteiger partial charge on any atom is -0.419 e.